The van der Waals surface area contributed by atoms with Gasteiger partial charge in [-0.3, -0.25) is 4.79 Å². The van der Waals surface area contributed by atoms with Gasteiger partial charge in [0.1, 0.15) is 0 Å². The summed E-state index contributed by atoms with van der Waals surface area (Å²) in [5.41, 5.74) is 5.14. The minimum Gasteiger partial charge on any atom is -0.369 e. The number of carbonyl (C=O) groups is 1. The van der Waals surface area contributed by atoms with Crippen molar-refractivity contribution in [3.63, 3.8) is 0 Å². The second-order valence-corrected chi connectivity index (χ2v) is 3.10. The molecule has 0 saturated heterocycles. The number of nitriles is 1. The van der Waals surface area contributed by atoms with Crippen molar-refractivity contribution in [3.8, 4) is 6.07 Å². The number of amides is 1. The van der Waals surface area contributed by atoms with Gasteiger partial charge in [-0.15, -0.1) is 0 Å². The quantitative estimate of drug-likeness (QED) is 0.645. The fourth-order valence-electron chi connectivity index (χ4n) is 1.06. The van der Waals surface area contributed by atoms with Gasteiger partial charge in [0.2, 0.25) is 5.91 Å². The van der Waals surface area contributed by atoms with Gasteiger partial charge < -0.3 is 10.6 Å². The van der Waals surface area contributed by atoms with Gasteiger partial charge in [-0.05, 0) is 6.54 Å². The van der Waals surface area contributed by atoms with Gasteiger partial charge in [0, 0.05) is 25.4 Å². The first-order valence-electron chi connectivity index (χ1n) is 4.50. The van der Waals surface area contributed by atoms with E-state index in [0.717, 1.165) is 6.54 Å². The van der Waals surface area contributed by atoms with Crippen molar-refractivity contribution in [2.75, 3.05) is 19.6 Å². The van der Waals surface area contributed by atoms with E-state index in [1.165, 1.54) is 0 Å². The molecule has 1 amide bonds. The minimum absolute atomic E-state index is 0.140. The first-order chi connectivity index (χ1) is 6.11. The van der Waals surface area contributed by atoms with Crippen LogP contribution in [0, 0.1) is 17.2 Å². The fraction of sp³-hybridized carbons (Fsp3) is 0.778. The number of rotatable bonds is 6. The fourth-order valence-corrected chi connectivity index (χ4v) is 1.06. The van der Waals surface area contributed by atoms with E-state index in [1.807, 2.05) is 6.92 Å². The van der Waals surface area contributed by atoms with Gasteiger partial charge in [-0.1, -0.05) is 13.8 Å². The molecule has 4 nitrogen and oxygen atoms in total. The molecule has 0 fully saturated rings. The Hall–Kier alpha value is -1.08. The van der Waals surface area contributed by atoms with Crippen molar-refractivity contribution < 1.29 is 4.79 Å². The predicted octanol–water partition coefficient (Wildman–Crippen LogP) is 0.343. The highest BCUT2D eigenvalue weighted by molar-refractivity contribution is 5.76. The maximum absolute atomic E-state index is 10.8. The number of hydrogen-bond donors (Lipinski definition) is 1. The van der Waals surface area contributed by atoms with Crippen LogP contribution in [0.4, 0.5) is 0 Å². The van der Waals surface area contributed by atoms with Crippen LogP contribution < -0.4 is 5.73 Å². The van der Waals surface area contributed by atoms with Crippen LogP contribution in [0.3, 0.4) is 0 Å². The molecule has 1 unspecified atom stereocenters. The van der Waals surface area contributed by atoms with Gasteiger partial charge in [0.25, 0.3) is 0 Å². The van der Waals surface area contributed by atoms with Crippen molar-refractivity contribution in [2.24, 2.45) is 11.7 Å². The SMILES string of the molecule is CCN(CCC#N)CC(C)C(N)=O. The van der Waals surface area contributed by atoms with Crippen molar-refractivity contribution in [3.05, 3.63) is 0 Å². The van der Waals surface area contributed by atoms with Crippen LogP contribution in [0.1, 0.15) is 20.3 Å². The van der Waals surface area contributed by atoms with Gasteiger partial charge in [-0.25, -0.2) is 0 Å². The molecule has 0 aromatic rings. The van der Waals surface area contributed by atoms with Gasteiger partial charge in [0.05, 0.1) is 6.07 Å². The molecule has 1 atom stereocenters. The van der Waals surface area contributed by atoms with Crippen LogP contribution in [0.15, 0.2) is 0 Å². The molecule has 0 aliphatic rings. The molecular weight excluding hydrogens is 166 g/mol. The van der Waals surface area contributed by atoms with Gasteiger partial charge >= 0.3 is 0 Å². The first-order valence-corrected chi connectivity index (χ1v) is 4.50. The highest BCUT2D eigenvalue weighted by Gasteiger charge is 2.12. The molecule has 0 aromatic carbocycles. The normalized spacial score (nSPS) is 12.5. The Labute approximate surface area is 79.3 Å². The number of nitrogens with two attached hydrogens (primary N) is 1. The molecule has 74 valence electrons. The second kappa shape index (κ2) is 6.44. The van der Waals surface area contributed by atoms with E-state index in [1.54, 1.807) is 6.92 Å². The molecule has 0 aromatic heterocycles. The van der Waals surface area contributed by atoms with E-state index in [-0.39, 0.29) is 11.8 Å². The highest BCUT2D eigenvalue weighted by Crippen LogP contribution is 1.99. The van der Waals surface area contributed by atoms with Crippen LogP contribution >= 0.6 is 0 Å². The molecule has 0 radical (unpaired) electrons. The number of primary amides is 1. The number of nitrogens with zero attached hydrogens (tertiary/aromatic N) is 2. The number of hydrogen-bond acceptors (Lipinski definition) is 3. The van der Waals surface area contributed by atoms with Crippen LogP contribution in [0.2, 0.25) is 0 Å². The molecule has 4 heteroatoms. The summed E-state index contributed by atoms with van der Waals surface area (Å²) >= 11 is 0. The van der Waals surface area contributed by atoms with Crippen molar-refractivity contribution in [1.82, 2.24) is 4.90 Å². The Bertz CT molecular complexity index is 198. The van der Waals surface area contributed by atoms with Crippen LogP contribution in [0.25, 0.3) is 0 Å². The zero-order valence-corrected chi connectivity index (χ0v) is 8.29. The van der Waals surface area contributed by atoms with E-state index in [2.05, 4.69) is 11.0 Å². The lowest BCUT2D eigenvalue weighted by Crippen LogP contribution is -2.35. The summed E-state index contributed by atoms with van der Waals surface area (Å²) in [6.07, 6.45) is 0.499. The molecule has 0 spiro atoms. The molecule has 0 aliphatic carbocycles. The molecule has 0 aliphatic heterocycles. The molecule has 0 saturated carbocycles. The molecule has 0 rings (SSSR count). The smallest absolute Gasteiger partial charge is 0.221 e. The van der Waals surface area contributed by atoms with E-state index in [4.69, 9.17) is 11.0 Å². The Balaban J connectivity index is 3.84. The van der Waals surface area contributed by atoms with Crippen molar-refractivity contribution >= 4 is 5.91 Å². The average molecular weight is 183 g/mol. The first kappa shape index (κ1) is 11.9. The summed E-state index contributed by atoms with van der Waals surface area (Å²) in [5.74, 6) is -0.422. The molecular formula is C9H17N3O. The third-order valence-corrected chi connectivity index (χ3v) is 2.00. The van der Waals surface area contributed by atoms with Crippen molar-refractivity contribution in [1.29, 1.82) is 5.26 Å². The average Bonchev–Trinajstić information content (AvgIpc) is 2.11. The standard InChI is InChI=1S/C9H17N3O/c1-3-12(6-4-5-10)7-8(2)9(11)13/h8H,3-4,6-7H2,1-2H3,(H2,11,13). The third-order valence-electron chi connectivity index (χ3n) is 2.00. The monoisotopic (exact) mass is 183 g/mol. The Morgan fingerprint density at radius 2 is 2.31 bits per heavy atom. The lowest BCUT2D eigenvalue weighted by molar-refractivity contribution is -0.121. The maximum atomic E-state index is 10.8. The molecule has 0 bridgehead atoms. The summed E-state index contributed by atoms with van der Waals surface area (Å²) < 4.78 is 0. The van der Waals surface area contributed by atoms with E-state index < -0.39 is 0 Å². The predicted molar refractivity (Wildman–Crippen MR) is 50.7 cm³/mol. The van der Waals surface area contributed by atoms with Gasteiger partial charge in [-0.2, -0.15) is 5.26 Å². The summed E-state index contributed by atoms with van der Waals surface area (Å²) in [5, 5.41) is 8.39. The molecule has 2 N–H and O–H groups in total. The lowest BCUT2D eigenvalue weighted by atomic mass is 10.1. The Morgan fingerprint density at radius 1 is 1.69 bits per heavy atom. The van der Waals surface area contributed by atoms with E-state index in [9.17, 15) is 4.79 Å². The topological polar surface area (TPSA) is 70.1 Å². The zero-order chi connectivity index (χ0) is 10.3. The lowest BCUT2D eigenvalue weighted by Gasteiger charge is -2.21. The summed E-state index contributed by atoms with van der Waals surface area (Å²) in [4.78, 5) is 12.8. The van der Waals surface area contributed by atoms with Crippen LogP contribution in [0.5, 0.6) is 0 Å². The largest absolute Gasteiger partial charge is 0.369 e. The summed E-state index contributed by atoms with van der Waals surface area (Å²) in [7, 11) is 0. The maximum Gasteiger partial charge on any atom is 0.221 e. The second-order valence-electron chi connectivity index (χ2n) is 3.10. The third kappa shape index (κ3) is 5.21. The van der Waals surface area contributed by atoms with Gasteiger partial charge in [0.15, 0.2) is 0 Å². The molecule has 0 heterocycles. The Kier molecular flexibility index (Phi) is 5.90. The summed E-state index contributed by atoms with van der Waals surface area (Å²) in [6, 6.07) is 2.08. The van der Waals surface area contributed by atoms with E-state index in [0.29, 0.717) is 19.5 Å². The minimum atomic E-state index is -0.282. The number of carbonyl (C=O) groups excluding carboxylic acids is 1. The van der Waals surface area contributed by atoms with Crippen LogP contribution in [-0.4, -0.2) is 30.4 Å². The zero-order valence-electron chi connectivity index (χ0n) is 8.29. The highest BCUT2D eigenvalue weighted by atomic mass is 16.1. The Morgan fingerprint density at radius 3 is 2.69 bits per heavy atom. The van der Waals surface area contributed by atoms with Crippen molar-refractivity contribution in [2.45, 2.75) is 20.3 Å². The summed E-state index contributed by atoms with van der Waals surface area (Å²) in [6.45, 7) is 6.01. The van der Waals surface area contributed by atoms with Crippen LogP contribution in [-0.2, 0) is 4.79 Å². The molecule has 13 heavy (non-hydrogen) atoms. The van der Waals surface area contributed by atoms with E-state index >= 15 is 0 Å².